The van der Waals surface area contributed by atoms with Crippen molar-refractivity contribution in [3.63, 3.8) is 0 Å². The van der Waals surface area contributed by atoms with Gasteiger partial charge < -0.3 is 9.30 Å². The third kappa shape index (κ3) is 3.76. The number of aromatic nitrogens is 1. The number of aryl methyl sites for hydroxylation is 1. The molecule has 0 aliphatic heterocycles. The number of hydrogen-bond acceptors (Lipinski definition) is 4. The van der Waals surface area contributed by atoms with E-state index in [1.807, 2.05) is 17.6 Å². The summed E-state index contributed by atoms with van der Waals surface area (Å²) >= 11 is 0. The van der Waals surface area contributed by atoms with Crippen LogP contribution in [0.15, 0.2) is 69.3 Å². The van der Waals surface area contributed by atoms with E-state index in [1.54, 1.807) is 30.3 Å². The molecule has 6 heteroatoms. The molecular formula is C21H23NO4S. The lowest BCUT2D eigenvalue weighted by atomic mass is 10.2. The molecule has 0 aliphatic carbocycles. The van der Waals surface area contributed by atoms with Gasteiger partial charge in [0.2, 0.25) is 15.3 Å². The van der Waals surface area contributed by atoms with Gasteiger partial charge in [-0.1, -0.05) is 31.5 Å². The fourth-order valence-electron chi connectivity index (χ4n) is 3.04. The van der Waals surface area contributed by atoms with Gasteiger partial charge in [-0.25, -0.2) is 8.42 Å². The summed E-state index contributed by atoms with van der Waals surface area (Å²) in [6.45, 7) is 5.04. The first-order valence-electron chi connectivity index (χ1n) is 9.09. The molecule has 3 rings (SSSR count). The van der Waals surface area contributed by atoms with Gasteiger partial charge in [0.05, 0.1) is 22.4 Å². The van der Waals surface area contributed by atoms with E-state index in [2.05, 4.69) is 6.92 Å². The predicted octanol–water partition coefficient (Wildman–Crippen LogP) is 4.03. The van der Waals surface area contributed by atoms with E-state index in [4.69, 9.17) is 4.74 Å². The van der Waals surface area contributed by atoms with Gasteiger partial charge in [0.1, 0.15) is 10.6 Å². The Hall–Kier alpha value is -2.60. The van der Waals surface area contributed by atoms with Crippen LogP contribution in [0.1, 0.15) is 26.7 Å². The lowest BCUT2D eigenvalue weighted by Gasteiger charge is -2.14. The molecule has 142 valence electrons. The van der Waals surface area contributed by atoms with Crippen LogP contribution < -0.4 is 10.2 Å². The summed E-state index contributed by atoms with van der Waals surface area (Å²) in [6.07, 6.45) is 3.32. The SMILES string of the molecule is CCCCn1cc(S(=O)(=O)c2ccccc2)c(=O)c2cc(OCC)ccc21. The second-order valence-corrected chi connectivity index (χ2v) is 8.22. The van der Waals surface area contributed by atoms with E-state index in [1.165, 1.54) is 18.3 Å². The number of nitrogens with zero attached hydrogens (tertiary/aromatic N) is 1. The molecule has 0 saturated carbocycles. The van der Waals surface area contributed by atoms with Crippen LogP contribution in [0.25, 0.3) is 10.9 Å². The summed E-state index contributed by atoms with van der Waals surface area (Å²) in [5.74, 6) is 0.554. The molecule has 0 aliphatic rings. The molecule has 0 atom stereocenters. The third-order valence-corrected chi connectivity index (χ3v) is 6.19. The van der Waals surface area contributed by atoms with Crippen molar-refractivity contribution in [2.75, 3.05) is 6.61 Å². The largest absolute Gasteiger partial charge is 0.494 e. The van der Waals surface area contributed by atoms with Gasteiger partial charge in [0.15, 0.2) is 0 Å². The topological polar surface area (TPSA) is 65.4 Å². The fourth-order valence-corrected chi connectivity index (χ4v) is 4.43. The fraction of sp³-hybridized carbons (Fsp3) is 0.286. The number of pyridine rings is 1. The van der Waals surface area contributed by atoms with Gasteiger partial charge in [-0.15, -0.1) is 0 Å². The second-order valence-electron chi connectivity index (χ2n) is 6.30. The number of unbranched alkanes of at least 4 members (excludes halogenated alkanes) is 1. The summed E-state index contributed by atoms with van der Waals surface area (Å²) < 4.78 is 33.5. The lowest BCUT2D eigenvalue weighted by molar-refractivity contribution is 0.340. The molecule has 0 radical (unpaired) electrons. The van der Waals surface area contributed by atoms with Gasteiger partial charge in [-0.3, -0.25) is 4.79 Å². The predicted molar refractivity (Wildman–Crippen MR) is 106 cm³/mol. The Morgan fingerprint density at radius 1 is 1.04 bits per heavy atom. The average molecular weight is 385 g/mol. The van der Waals surface area contributed by atoms with Crippen LogP contribution in [0.3, 0.4) is 0 Å². The zero-order chi connectivity index (χ0) is 19.4. The van der Waals surface area contributed by atoms with Crippen LogP contribution in [-0.2, 0) is 16.4 Å². The average Bonchev–Trinajstić information content (AvgIpc) is 2.68. The van der Waals surface area contributed by atoms with Crippen molar-refractivity contribution in [2.24, 2.45) is 0 Å². The van der Waals surface area contributed by atoms with Gasteiger partial charge in [0.25, 0.3) is 0 Å². The smallest absolute Gasteiger partial charge is 0.211 e. The monoisotopic (exact) mass is 385 g/mol. The third-order valence-electron chi connectivity index (χ3n) is 4.43. The number of hydrogen-bond donors (Lipinski definition) is 0. The molecule has 27 heavy (non-hydrogen) atoms. The summed E-state index contributed by atoms with van der Waals surface area (Å²) in [6, 6.07) is 13.3. The molecule has 1 heterocycles. The second kappa shape index (κ2) is 7.96. The molecule has 0 fully saturated rings. The highest BCUT2D eigenvalue weighted by atomic mass is 32.2. The minimum absolute atomic E-state index is 0.115. The summed E-state index contributed by atoms with van der Waals surface area (Å²) in [7, 11) is -3.91. The van der Waals surface area contributed by atoms with Crippen LogP contribution in [0, 0.1) is 0 Å². The molecule has 0 spiro atoms. The Bertz CT molecular complexity index is 1100. The van der Waals surface area contributed by atoms with E-state index in [0.717, 1.165) is 12.8 Å². The van der Waals surface area contributed by atoms with Crippen molar-refractivity contribution >= 4 is 20.7 Å². The molecule has 0 amide bonds. The Morgan fingerprint density at radius 3 is 2.44 bits per heavy atom. The zero-order valence-electron chi connectivity index (χ0n) is 15.5. The standard InChI is InChI=1S/C21H23NO4S/c1-3-5-13-22-15-20(27(24,25)17-9-7-6-8-10-17)21(23)18-14-16(26-4-2)11-12-19(18)22/h6-12,14-15H,3-5,13H2,1-2H3. The Labute approximate surface area is 159 Å². The van der Waals surface area contributed by atoms with Crippen LogP contribution in [0.2, 0.25) is 0 Å². The summed E-state index contributed by atoms with van der Waals surface area (Å²) in [4.78, 5) is 13.0. The molecule has 1 aromatic heterocycles. The van der Waals surface area contributed by atoms with Crippen LogP contribution in [0.4, 0.5) is 0 Å². The minimum atomic E-state index is -3.91. The van der Waals surface area contributed by atoms with E-state index >= 15 is 0 Å². The van der Waals surface area contributed by atoms with Gasteiger partial charge in [-0.2, -0.15) is 0 Å². The number of fused-ring (bicyclic) bond motifs is 1. The highest BCUT2D eigenvalue weighted by molar-refractivity contribution is 7.91. The van der Waals surface area contributed by atoms with Crippen molar-refractivity contribution in [3.05, 3.63) is 65.0 Å². The maximum absolute atomic E-state index is 13.1. The molecule has 0 N–H and O–H groups in total. The molecule has 5 nitrogen and oxygen atoms in total. The van der Waals surface area contributed by atoms with Crippen molar-refractivity contribution in [2.45, 2.75) is 43.0 Å². The minimum Gasteiger partial charge on any atom is -0.494 e. The number of ether oxygens (including phenoxy) is 1. The van der Waals surface area contributed by atoms with Crippen molar-refractivity contribution in [3.8, 4) is 5.75 Å². The maximum Gasteiger partial charge on any atom is 0.211 e. The zero-order valence-corrected chi connectivity index (χ0v) is 16.3. The van der Waals surface area contributed by atoms with Crippen molar-refractivity contribution in [1.29, 1.82) is 0 Å². The van der Waals surface area contributed by atoms with Crippen molar-refractivity contribution in [1.82, 2.24) is 4.57 Å². The molecule has 3 aromatic rings. The van der Waals surface area contributed by atoms with Gasteiger partial charge in [-0.05, 0) is 43.7 Å². The van der Waals surface area contributed by atoms with Crippen LogP contribution in [0.5, 0.6) is 5.75 Å². The number of benzene rings is 2. The Morgan fingerprint density at radius 2 is 1.78 bits per heavy atom. The van der Waals surface area contributed by atoms with Crippen molar-refractivity contribution < 1.29 is 13.2 Å². The van der Waals surface area contributed by atoms with Crippen LogP contribution >= 0.6 is 0 Å². The van der Waals surface area contributed by atoms with Crippen LogP contribution in [-0.4, -0.2) is 19.6 Å². The lowest BCUT2D eigenvalue weighted by Crippen LogP contribution is -2.19. The molecule has 2 aromatic carbocycles. The molecule has 0 bridgehead atoms. The highest BCUT2D eigenvalue weighted by Crippen LogP contribution is 2.24. The van der Waals surface area contributed by atoms with E-state index in [-0.39, 0.29) is 9.79 Å². The normalized spacial score (nSPS) is 11.6. The molecular weight excluding hydrogens is 362 g/mol. The first-order valence-corrected chi connectivity index (χ1v) is 10.6. The number of sulfone groups is 1. The maximum atomic E-state index is 13.1. The quantitative estimate of drug-likeness (QED) is 0.616. The van der Waals surface area contributed by atoms with E-state index < -0.39 is 15.3 Å². The summed E-state index contributed by atoms with van der Waals surface area (Å²) in [5, 5.41) is 0.356. The van der Waals surface area contributed by atoms with E-state index in [0.29, 0.717) is 29.8 Å². The Kier molecular flexibility index (Phi) is 5.65. The van der Waals surface area contributed by atoms with Gasteiger partial charge >= 0.3 is 0 Å². The number of rotatable bonds is 7. The van der Waals surface area contributed by atoms with E-state index in [9.17, 15) is 13.2 Å². The highest BCUT2D eigenvalue weighted by Gasteiger charge is 2.23. The first kappa shape index (κ1) is 19.2. The Balaban J connectivity index is 2.29. The first-order chi connectivity index (χ1) is 13.0. The van der Waals surface area contributed by atoms with Gasteiger partial charge in [0, 0.05) is 12.7 Å². The molecule has 0 unspecified atom stereocenters. The summed E-state index contributed by atoms with van der Waals surface area (Å²) in [5.41, 5.74) is 0.215. The molecule has 0 saturated heterocycles.